The first kappa shape index (κ1) is 10.9. The van der Waals surface area contributed by atoms with Crippen molar-refractivity contribution in [1.29, 1.82) is 0 Å². The quantitative estimate of drug-likeness (QED) is 0.608. The molecule has 1 aromatic carbocycles. The highest BCUT2D eigenvalue weighted by molar-refractivity contribution is 5.88. The van der Waals surface area contributed by atoms with Crippen LogP contribution in [-0.2, 0) is 0 Å². The summed E-state index contributed by atoms with van der Waals surface area (Å²) in [5, 5.41) is 19.0. The van der Waals surface area contributed by atoms with E-state index in [0.29, 0.717) is 6.07 Å². The minimum Gasteiger partial charge on any atom is -0.490 e. The van der Waals surface area contributed by atoms with Gasteiger partial charge in [-0.05, 0) is 6.07 Å². The lowest BCUT2D eigenvalue weighted by atomic mass is 10.2. The van der Waals surface area contributed by atoms with Gasteiger partial charge in [-0.2, -0.15) is 4.39 Å². The fourth-order valence-electron chi connectivity index (χ4n) is 1.03. The Morgan fingerprint density at radius 3 is 2.60 bits per heavy atom. The van der Waals surface area contributed by atoms with Gasteiger partial charge in [-0.15, -0.1) is 0 Å². The van der Waals surface area contributed by atoms with E-state index < -0.39 is 33.7 Å². The van der Waals surface area contributed by atoms with Gasteiger partial charge in [0.2, 0.25) is 11.6 Å². The van der Waals surface area contributed by atoms with Gasteiger partial charge in [-0.1, -0.05) is 0 Å². The molecule has 0 saturated carbocycles. The second-order valence-electron chi connectivity index (χ2n) is 2.57. The number of ether oxygens (including phenoxy) is 1. The van der Waals surface area contributed by atoms with E-state index in [-0.39, 0.29) is 0 Å². The zero-order valence-electron chi connectivity index (χ0n) is 7.56. The smallest absolute Gasteiger partial charge is 0.346 e. The van der Waals surface area contributed by atoms with E-state index in [4.69, 9.17) is 5.11 Å². The van der Waals surface area contributed by atoms with Crippen LogP contribution in [0, 0.1) is 15.9 Å². The Morgan fingerprint density at radius 1 is 1.60 bits per heavy atom. The normalized spacial score (nSPS) is 9.73. The summed E-state index contributed by atoms with van der Waals surface area (Å²) < 4.78 is 17.7. The fourth-order valence-corrected chi connectivity index (χ4v) is 1.03. The van der Waals surface area contributed by atoms with Gasteiger partial charge in [0.25, 0.3) is 0 Å². The molecule has 0 heterocycles. The van der Waals surface area contributed by atoms with Crippen molar-refractivity contribution in [3.63, 3.8) is 0 Å². The Hall–Kier alpha value is -2.18. The number of carboxylic acid groups (broad SMARTS) is 1. The molecule has 6 nitrogen and oxygen atoms in total. The van der Waals surface area contributed by atoms with Gasteiger partial charge in [-0.25, -0.2) is 4.79 Å². The molecule has 0 bridgehead atoms. The van der Waals surface area contributed by atoms with Gasteiger partial charge in [0.15, 0.2) is 0 Å². The Bertz CT molecular complexity index is 431. The van der Waals surface area contributed by atoms with E-state index in [1.165, 1.54) is 0 Å². The van der Waals surface area contributed by atoms with E-state index in [9.17, 15) is 19.3 Å². The molecule has 80 valence electrons. The van der Waals surface area contributed by atoms with Crippen LogP contribution < -0.4 is 4.74 Å². The summed E-state index contributed by atoms with van der Waals surface area (Å²) in [7, 11) is 1.09. The molecule has 1 aromatic rings. The van der Waals surface area contributed by atoms with Crippen LogP contribution >= 0.6 is 0 Å². The van der Waals surface area contributed by atoms with E-state index in [2.05, 4.69) is 4.74 Å². The van der Waals surface area contributed by atoms with Crippen molar-refractivity contribution in [2.75, 3.05) is 7.11 Å². The third kappa shape index (κ3) is 2.01. The highest BCUT2D eigenvalue weighted by Gasteiger charge is 2.24. The molecule has 0 aromatic heterocycles. The minimum atomic E-state index is -1.39. The Morgan fingerprint density at radius 2 is 2.20 bits per heavy atom. The monoisotopic (exact) mass is 215 g/mol. The van der Waals surface area contributed by atoms with Crippen molar-refractivity contribution >= 4 is 11.7 Å². The van der Waals surface area contributed by atoms with Crippen LogP contribution in [-0.4, -0.2) is 23.1 Å². The maximum atomic E-state index is 13.1. The molecule has 7 heteroatoms. The van der Waals surface area contributed by atoms with Gasteiger partial charge in [0, 0.05) is 6.07 Å². The molecular formula is C8H6FNO5. The third-order valence-electron chi connectivity index (χ3n) is 1.68. The first-order chi connectivity index (χ1) is 6.97. The number of halogens is 1. The third-order valence-corrected chi connectivity index (χ3v) is 1.68. The number of nitrogens with zero attached hydrogens (tertiary/aromatic N) is 1. The molecule has 15 heavy (non-hydrogen) atoms. The average molecular weight is 215 g/mol. The number of carbonyl (C=O) groups is 1. The molecular weight excluding hydrogens is 209 g/mol. The van der Waals surface area contributed by atoms with Gasteiger partial charge in [0.1, 0.15) is 0 Å². The van der Waals surface area contributed by atoms with Crippen LogP contribution in [0.5, 0.6) is 5.75 Å². The SMILES string of the molecule is COc1cc(C(=O)O)cc(F)c1[N+](=O)[O-]. The zero-order chi connectivity index (χ0) is 11.6. The molecule has 0 spiro atoms. The molecule has 0 saturated heterocycles. The summed E-state index contributed by atoms with van der Waals surface area (Å²) in [5.41, 5.74) is -1.28. The Kier molecular flexibility index (Phi) is 2.84. The van der Waals surface area contributed by atoms with Crippen LogP contribution in [0.4, 0.5) is 10.1 Å². The summed E-state index contributed by atoms with van der Waals surface area (Å²) >= 11 is 0. The lowest BCUT2D eigenvalue weighted by Crippen LogP contribution is -2.02. The number of hydrogen-bond acceptors (Lipinski definition) is 4. The van der Waals surface area contributed by atoms with E-state index in [1.54, 1.807) is 0 Å². The van der Waals surface area contributed by atoms with E-state index in [0.717, 1.165) is 13.2 Å². The molecule has 0 aliphatic carbocycles. The van der Waals surface area contributed by atoms with Crippen molar-refractivity contribution in [2.24, 2.45) is 0 Å². The lowest BCUT2D eigenvalue weighted by Gasteiger charge is -2.03. The molecule has 0 aliphatic heterocycles. The maximum absolute atomic E-state index is 13.1. The molecule has 1 rings (SSSR count). The van der Waals surface area contributed by atoms with Crippen molar-refractivity contribution in [1.82, 2.24) is 0 Å². The number of benzene rings is 1. The summed E-state index contributed by atoms with van der Waals surface area (Å²) in [4.78, 5) is 20.0. The second-order valence-corrected chi connectivity index (χ2v) is 2.57. The second kappa shape index (κ2) is 3.91. The highest BCUT2D eigenvalue weighted by atomic mass is 19.1. The molecule has 0 atom stereocenters. The molecule has 0 fully saturated rings. The summed E-state index contributed by atoms with van der Waals surface area (Å²) in [6.07, 6.45) is 0. The maximum Gasteiger partial charge on any atom is 0.346 e. The predicted octanol–water partition coefficient (Wildman–Crippen LogP) is 1.44. The van der Waals surface area contributed by atoms with E-state index >= 15 is 0 Å². The molecule has 0 radical (unpaired) electrons. The summed E-state index contributed by atoms with van der Waals surface area (Å²) in [6, 6.07) is 1.46. The number of methoxy groups -OCH3 is 1. The van der Waals surface area contributed by atoms with E-state index in [1.807, 2.05) is 0 Å². The largest absolute Gasteiger partial charge is 0.490 e. The van der Waals surface area contributed by atoms with Crippen LogP contribution in [0.1, 0.15) is 10.4 Å². The fraction of sp³-hybridized carbons (Fsp3) is 0.125. The van der Waals surface area contributed by atoms with Crippen LogP contribution in [0.15, 0.2) is 12.1 Å². The number of carboxylic acids is 1. The molecule has 1 N–H and O–H groups in total. The molecule has 0 aliphatic rings. The molecule has 0 unspecified atom stereocenters. The lowest BCUT2D eigenvalue weighted by molar-refractivity contribution is -0.388. The number of rotatable bonds is 3. The number of aromatic carboxylic acids is 1. The topological polar surface area (TPSA) is 89.7 Å². The van der Waals surface area contributed by atoms with Crippen molar-refractivity contribution in [3.05, 3.63) is 33.6 Å². The predicted molar refractivity (Wildman–Crippen MR) is 46.6 cm³/mol. The zero-order valence-corrected chi connectivity index (χ0v) is 7.56. The highest BCUT2D eigenvalue weighted by Crippen LogP contribution is 2.30. The van der Waals surface area contributed by atoms with Crippen LogP contribution in [0.2, 0.25) is 0 Å². The van der Waals surface area contributed by atoms with Crippen LogP contribution in [0.25, 0.3) is 0 Å². The van der Waals surface area contributed by atoms with Crippen molar-refractivity contribution in [3.8, 4) is 5.75 Å². The minimum absolute atomic E-state index is 0.407. The van der Waals surface area contributed by atoms with Crippen LogP contribution in [0.3, 0.4) is 0 Å². The molecule has 0 amide bonds. The first-order valence-corrected chi connectivity index (χ1v) is 3.72. The standard InChI is InChI=1S/C8H6FNO5/c1-15-6-3-4(8(11)12)2-5(9)7(6)10(13)14/h2-3H,1H3,(H,11,12). The average Bonchev–Trinajstić information content (AvgIpc) is 2.15. The Balaban J connectivity index is 3.43. The summed E-state index contributed by atoms with van der Waals surface area (Å²) in [5.74, 6) is -3.05. The van der Waals surface area contributed by atoms with Gasteiger partial charge in [-0.3, -0.25) is 10.1 Å². The van der Waals surface area contributed by atoms with Gasteiger partial charge in [0.05, 0.1) is 17.6 Å². The van der Waals surface area contributed by atoms with Gasteiger partial charge >= 0.3 is 11.7 Å². The number of nitro benzene ring substituents is 1. The van der Waals surface area contributed by atoms with Gasteiger partial charge < -0.3 is 9.84 Å². The van der Waals surface area contributed by atoms with Crippen molar-refractivity contribution in [2.45, 2.75) is 0 Å². The number of hydrogen-bond donors (Lipinski definition) is 1. The number of nitro groups is 1. The first-order valence-electron chi connectivity index (χ1n) is 3.72. The summed E-state index contributed by atoms with van der Waals surface area (Å²) in [6.45, 7) is 0. The van der Waals surface area contributed by atoms with Crippen molar-refractivity contribution < 1.29 is 24.0 Å². The Labute approximate surface area is 83.0 Å².